The molecule has 3 aliphatic rings. The smallest absolute Gasteiger partial charge is 0.426 e. The lowest BCUT2D eigenvalue weighted by molar-refractivity contribution is -0.176. The molecular weight excluding hydrogens is 512 g/mol. The molecule has 0 bridgehead atoms. The molecule has 2 spiro atoms. The largest absolute Gasteiger partial charge is 0.492 e. The number of rotatable bonds is 0. The van der Waals surface area contributed by atoms with Gasteiger partial charge in [-0.15, -0.1) is 0 Å². The van der Waals surface area contributed by atoms with Crippen molar-refractivity contribution in [2.75, 3.05) is 25.6 Å². The van der Waals surface area contributed by atoms with Gasteiger partial charge in [0.1, 0.15) is 29.1 Å². The quantitative estimate of drug-likeness (QED) is 0.439. The van der Waals surface area contributed by atoms with Crippen molar-refractivity contribution in [1.82, 2.24) is 4.90 Å². The molecule has 10 heteroatoms. The second kappa shape index (κ2) is 8.16. The van der Waals surface area contributed by atoms with Crippen molar-refractivity contribution >= 4 is 45.0 Å². The van der Waals surface area contributed by atoms with Gasteiger partial charge in [-0.2, -0.15) is 4.90 Å². The Balaban J connectivity index is 1.80. The Labute approximate surface area is 206 Å². The van der Waals surface area contributed by atoms with Gasteiger partial charge in [0.2, 0.25) is 0 Å². The van der Waals surface area contributed by atoms with E-state index in [0.29, 0.717) is 25.6 Å². The lowest BCUT2D eigenvalue weighted by Crippen LogP contribution is -2.62. The highest BCUT2D eigenvalue weighted by Gasteiger charge is 2.63. The number of hydrogen-bond donors (Lipinski definition) is 0. The highest BCUT2D eigenvalue weighted by Crippen LogP contribution is 2.58. The summed E-state index contributed by atoms with van der Waals surface area (Å²) in [5.41, 5.74) is -1.79. The number of thioether (sulfide) groups is 1. The van der Waals surface area contributed by atoms with Crippen LogP contribution in [0.1, 0.15) is 47.1 Å². The van der Waals surface area contributed by atoms with E-state index in [1.165, 1.54) is 11.8 Å². The summed E-state index contributed by atoms with van der Waals surface area (Å²) in [4.78, 5) is 32.3. The SMILES string of the molecule is CC(C)(C)OC(=O)N(C(=O)OC(C)(C)C)C1=NC2(CS1)c1cc(Br)ccc1OCC21COC1. The third-order valence-electron chi connectivity index (χ3n) is 5.57. The highest BCUT2D eigenvalue weighted by molar-refractivity contribution is 9.10. The van der Waals surface area contributed by atoms with Crippen LogP contribution < -0.4 is 4.74 Å². The van der Waals surface area contributed by atoms with Crippen LogP contribution in [0.15, 0.2) is 27.7 Å². The topological polar surface area (TPSA) is 86.7 Å². The summed E-state index contributed by atoms with van der Waals surface area (Å²) in [6.07, 6.45) is -1.64. The number of benzene rings is 1. The van der Waals surface area contributed by atoms with E-state index in [1.807, 2.05) is 18.2 Å². The van der Waals surface area contributed by atoms with Crippen LogP contribution in [0.3, 0.4) is 0 Å². The fraction of sp³-hybridized carbons (Fsp3) is 0.609. The molecule has 0 radical (unpaired) electrons. The van der Waals surface area contributed by atoms with Gasteiger partial charge in [-0.3, -0.25) is 0 Å². The van der Waals surface area contributed by atoms with Gasteiger partial charge < -0.3 is 18.9 Å². The van der Waals surface area contributed by atoms with Crippen molar-refractivity contribution in [2.45, 2.75) is 58.3 Å². The second-order valence-electron chi connectivity index (χ2n) is 10.5. The molecule has 1 unspecified atom stereocenters. The maximum absolute atomic E-state index is 13.1. The third kappa shape index (κ3) is 4.49. The van der Waals surface area contributed by atoms with Gasteiger partial charge in [-0.05, 0) is 59.7 Å². The third-order valence-corrected chi connectivity index (χ3v) is 7.15. The Hall–Kier alpha value is -1.78. The summed E-state index contributed by atoms with van der Waals surface area (Å²) in [5, 5.41) is 0.248. The number of hydrogen-bond acceptors (Lipinski definition) is 8. The van der Waals surface area contributed by atoms with E-state index in [2.05, 4.69) is 15.9 Å². The number of nitrogens with zero attached hydrogens (tertiary/aromatic N) is 2. The molecule has 4 rings (SSSR count). The van der Waals surface area contributed by atoms with Crippen LogP contribution in [0, 0.1) is 5.41 Å². The van der Waals surface area contributed by atoms with E-state index in [-0.39, 0.29) is 10.6 Å². The standard InChI is InChI=1S/C23H29BrN2O6S/c1-20(2,3)31-18(27)26(19(28)32-21(4,5)6)17-25-23(13-33-17)15-9-14(24)7-8-16(15)30-12-22(23)10-29-11-22/h7-9H,10-13H2,1-6H3. The number of aliphatic imine (C=N–C) groups is 1. The number of carbonyl (C=O) groups excluding carboxylic acids is 2. The van der Waals surface area contributed by atoms with Gasteiger partial charge in [-0.1, -0.05) is 27.7 Å². The maximum Gasteiger partial charge on any atom is 0.426 e. The summed E-state index contributed by atoms with van der Waals surface area (Å²) < 4.78 is 23.6. The number of fused-ring (bicyclic) bond motifs is 3. The van der Waals surface area contributed by atoms with Crippen molar-refractivity contribution in [3.8, 4) is 5.75 Å². The van der Waals surface area contributed by atoms with Gasteiger partial charge in [0.15, 0.2) is 5.17 Å². The van der Waals surface area contributed by atoms with Crippen molar-refractivity contribution in [3.05, 3.63) is 28.2 Å². The molecule has 0 aliphatic carbocycles. The first-order chi connectivity index (χ1) is 15.3. The number of carbonyl (C=O) groups is 2. The average molecular weight is 541 g/mol. The molecule has 3 heterocycles. The van der Waals surface area contributed by atoms with Crippen LogP contribution in [0.25, 0.3) is 0 Å². The van der Waals surface area contributed by atoms with Gasteiger partial charge in [0, 0.05) is 15.8 Å². The monoisotopic (exact) mass is 540 g/mol. The van der Waals surface area contributed by atoms with Crippen LogP contribution in [-0.4, -0.2) is 59.0 Å². The minimum absolute atomic E-state index is 0.248. The number of halogens is 1. The molecule has 1 aromatic rings. The van der Waals surface area contributed by atoms with E-state index in [9.17, 15) is 9.59 Å². The number of amidine groups is 1. The summed E-state index contributed by atoms with van der Waals surface area (Å²) in [6.45, 7) is 11.9. The van der Waals surface area contributed by atoms with E-state index in [1.54, 1.807) is 41.5 Å². The summed E-state index contributed by atoms with van der Waals surface area (Å²) >= 11 is 4.89. The molecule has 0 N–H and O–H groups in total. The zero-order valence-electron chi connectivity index (χ0n) is 19.7. The van der Waals surface area contributed by atoms with Crippen molar-refractivity contribution in [2.24, 2.45) is 10.4 Å². The average Bonchev–Trinajstić information content (AvgIpc) is 3.04. The summed E-state index contributed by atoms with van der Waals surface area (Å²) in [5.74, 6) is 1.27. The Bertz CT molecular complexity index is 983. The van der Waals surface area contributed by atoms with E-state index in [0.717, 1.165) is 20.7 Å². The molecule has 8 nitrogen and oxygen atoms in total. The molecular formula is C23H29BrN2O6S. The molecule has 180 valence electrons. The molecule has 33 heavy (non-hydrogen) atoms. The lowest BCUT2D eigenvalue weighted by Gasteiger charge is -2.54. The van der Waals surface area contributed by atoms with Gasteiger partial charge in [-0.25, -0.2) is 14.6 Å². The Kier molecular flexibility index (Phi) is 6.02. The highest BCUT2D eigenvalue weighted by atomic mass is 79.9. The van der Waals surface area contributed by atoms with E-state index < -0.39 is 28.9 Å². The van der Waals surface area contributed by atoms with Crippen LogP contribution in [0.2, 0.25) is 0 Å². The Morgan fingerprint density at radius 3 is 2.18 bits per heavy atom. The normalized spacial score (nSPS) is 23.3. The number of ether oxygens (including phenoxy) is 4. The van der Waals surface area contributed by atoms with Crippen molar-refractivity contribution in [1.29, 1.82) is 0 Å². The van der Waals surface area contributed by atoms with Crippen LogP contribution in [-0.2, 0) is 19.7 Å². The molecule has 3 aliphatic heterocycles. The fourth-order valence-corrected chi connectivity index (χ4v) is 5.73. The van der Waals surface area contributed by atoms with Crippen molar-refractivity contribution in [3.63, 3.8) is 0 Å². The first-order valence-corrected chi connectivity index (χ1v) is 12.5. The van der Waals surface area contributed by atoms with E-state index >= 15 is 0 Å². The first kappa shape index (κ1) is 24.3. The van der Waals surface area contributed by atoms with Crippen LogP contribution in [0.5, 0.6) is 5.75 Å². The minimum atomic E-state index is -0.819. The predicted octanol–water partition coefficient (Wildman–Crippen LogP) is 5.33. The maximum atomic E-state index is 13.1. The lowest BCUT2D eigenvalue weighted by atomic mass is 9.64. The van der Waals surface area contributed by atoms with Crippen LogP contribution in [0.4, 0.5) is 9.59 Å². The predicted molar refractivity (Wildman–Crippen MR) is 129 cm³/mol. The molecule has 1 aromatic carbocycles. The van der Waals surface area contributed by atoms with Crippen LogP contribution >= 0.6 is 27.7 Å². The molecule has 1 atom stereocenters. The molecule has 1 fully saturated rings. The van der Waals surface area contributed by atoms with Gasteiger partial charge in [0.05, 0.1) is 18.6 Å². The van der Waals surface area contributed by atoms with Gasteiger partial charge >= 0.3 is 12.2 Å². The fourth-order valence-electron chi connectivity index (χ4n) is 4.01. The molecule has 0 saturated carbocycles. The molecule has 0 aromatic heterocycles. The number of amides is 2. The minimum Gasteiger partial charge on any atom is -0.492 e. The van der Waals surface area contributed by atoms with Gasteiger partial charge in [0.25, 0.3) is 0 Å². The number of imide groups is 1. The summed E-state index contributed by atoms with van der Waals surface area (Å²) in [7, 11) is 0. The Morgan fingerprint density at radius 1 is 1.06 bits per heavy atom. The second-order valence-corrected chi connectivity index (χ2v) is 12.4. The molecule has 1 saturated heterocycles. The summed E-state index contributed by atoms with van der Waals surface area (Å²) in [6, 6.07) is 5.82. The molecule has 2 amide bonds. The van der Waals surface area contributed by atoms with E-state index in [4.69, 9.17) is 23.9 Å². The zero-order chi connectivity index (χ0) is 24.2. The van der Waals surface area contributed by atoms with Crippen molar-refractivity contribution < 1.29 is 28.5 Å². The Morgan fingerprint density at radius 2 is 1.67 bits per heavy atom. The first-order valence-electron chi connectivity index (χ1n) is 10.7. The zero-order valence-corrected chi connectivity index (χ0v) is 22.1.